The van der Waals surface area contributed by atoms with Crippen LogP contribution < -0.4 is 5.73 Å². The van der Waals surface area contributed by atoms with Crippen LogP contribution in [0, 0.1) is 0 Å². The highest BCUT2D eigenvalue weighted by atomic mass is 32.1. The smallest absolute Gasteiger partial charge is 0.180 e. The maximum Gasteiger partial charge on any atom is 0.180 e. The molecule has 0 bridgehead atoms. The highest BCUT2D eigenvalue weighted by molar-refractivity contribution is 7.13. The van der Waals surface area contributed by atoms with Gasteiger partial charge in [-0.25, -0.2) is 9.97 Å². The third-order valence-corrected chi connectivity index (χ3v) is 3.33. The summed E-state index contributed by atoms with van der Waals surface area (Å²) in [6.45, 7) is 1.10. The number of fused-ring (bicyclic) bond motifs is 1. The Hall–Kier alpha value is -1.62. The van der Waals surface area contributed by atoms with E-state index in [4.69, 9.17) is 5.73 Å². The summed E-state index contributed by atoms with van der Waals surface area (Å²) < 4.78 is 2.22. The Kier molecular flexibility index (Phi) is 2.25. The molecule has 3 rings (SSSR count). The highest BCUT2D eigenvalue weighted by Crippen LogP contribution is 2.17. The molecule has 0 aromatic carbocycles. The molecule has 5 heteroatoms. The first-order valence-corrected chi connectivity index (χ1v) is 6.14. The number of imidazole rings is 1. The average molecular weight is 232 g/mol. The molecule has 0 spiro atoms. The zero-order chi connectivity index (χ0) is 11.0. The van der Waals surface area contributed by atoms with Crippen LogP contribution in [0.25, 0.3) is 12.2 Å². The van der Waals surface area contributed by atoms with Crippen molar-refractivity contribution >= 4 is 28.6 Å². The molecule has 2 aromatic rings. The van der Waals surface area contributed by atoms with E-state index in [1.165, 1.54) is 23.6 Å². The molecular weight excluding hydrogens is 220 g/mol. The van der Waals surface area contributed by atoms with Crippen LogP contribution in [0.15, 0.2) is 11.6 Å². The summed E-state index contributed by atoms with van der Waals surface area (Å²) in [4.78, 5) is 8.70. The Morgan fingerprint density at radius 1 is 1.31 bits per heavy atom. The minimum atomic E-state index is 0.604. The summed E-state index contributed by atoms with van der Waals surface area (Å²) in [5.41, 5.74) is 7.46. The SMILES string of the molecule is Nc1nc(/C=C/c2cn3c(n2)CCC3)cs1. The van der Waals surface area contributed by atoms with Gasteiger partial charge in [-0.2, -0.15) is 0 Å². The number of nitrogens with zero attached hydrogens (tertiary/aromatic N) is 3. The van der Waals surface area contributed by atoms with Crippen molar-refractivity contribution in [2.24, 2.45) is 0 Å². The van der Waals surface area contributed by atoms with Crippen molar-refractivity contribution in [3.8, 4) is 0 Å². The van der Waals surface area contributed by atoms with Crippen molar-refractivity contribution in [1.29, 1.82) is 0 Å². The zero-order valence-electron chi connectivity index (χ0n) is 8.76. The molecule has 1 aliphatic heterocycles. The molecule has 3 heterocycles. The van der Waals surface area contributed by atoms with Gasteiger partial charge in [0.1, 0.15) is 5.82 Å². The van der Waals surface area contributed by atoms with E-state index in [1.54, 1.807) is 0 Å². The van der Waals surface area contributed by atoms with Crippen LogP contribution in [0.5, 0.6) is 0 Å². The Morgan fingerprint density at radius 3 is 2.94 bits per heavy atom. The largest absolute Gasteiger partial charge is 0.375 e. The van der Waals surface area contributed by atoms with Crippen molar-refractivity contribution < 1.29 is 0 Å². The second kappa shape index (κ2) is 3.75. The van der Waals surface area contributed by atoms with Gasteiger partial charge in [-0.15, -0.1) is 11.3 Å². The first kappa shape index (κ1) is 9.59. The van der Waals surface area contributed by atoms with Crippen molar-refractivity contribution in [1.82, 2.24) is 14.5 Å². The van der Waals surface area contributed by atoms with Crippen molar-refractivity contribution in [2.75, 3.05) is 5.73 Å². The molecule has 0 saturated heterocycles. The predicted molar refractivity (Wildman–Crippen MR) is 66.0 cm³/mol. The standard InChI is InChI=1S/C11H12N4S/c12-11-14-9(7-16-11)4-3-8-6-15-5-1-2-10(15)13-8/h3-4,6-7H,1-2,5H2,(H2,12,14)/b4-3+. The van der Waals surface area contributed by atoms with Crippen molar-refractivity contribution in [2.45, 2.75) is 19.4 Å². The summed E-state index contributed by atoms with van der Waals surface area (Å²) in [5, 5.41) is 2.54. The zero-order valence-corrected chi connectivity index (χ0v) is 9.57. The van der Waals surface area contributed by atoms with Crippen LogP contribution in [-0.4, -0.2) is 14.5 Å². The van der Waals surface area contributed by atoms with Gasteiger partial charge in [0.15, 0.2) is 5.13 Å². The van der Waals surface area contributed by atoms with Gasteiger partial charge in [-0.05, 0) is 18.6 Å². The van der Waals surface area contributed by atoms with E-state index in [1.807, 2.05) is 17.5 Å². The lowest BCUT2D eigenvalue weighted by Crippen LogP contribution is -1.87. The van der Waals surface area contributed by atoms with Gasteiger partial charge >= 0.3 is 0 Å². The number of nitrogens with two attached hydrogens (primary N) is 1. The third-order valence-electron chi connectivity index (χ3n) is 2.64. The fraction of sp³-hybridized carbons (Fsp3) is 0.273. The molecule has 0 unspecified atom stereocenters. The molecule has 0 fully saturated rings. The number of thiazole rings is 1. The van der Waals surface area contributed by atoms with Crippen molar-refractivity contribution in [3.63, 3.8) is 0 Å². The topological polar surface area (TPSA) is 56.7 Å². The number of nitrogen functional groups attached to an aromatic ring is 1. The molecule has 0 aliphatic carbocycles. The molecule has 16 heavy (non-hydrogen) atoms. The molecule has 1 aliphatic rings. The van der Waals surface area contributed by atoms with Gasteiger partial charge in [0.2, 0.25) is 0 Å². The van der Waals surface area contributed by atoms with Gasteiger partial charge in [-0.3, -0.25) is 0 Å². The molecule has 82 valence electrons. The molecular formula is C11H12N4S. The number of hydrogen-bond acceptors (Lipinski definition) is 4. The number of rotatable bonds is 2. The van der Waals surface area contributed by atoms with E-state index in [0.29, 0.717) is 5.13 Å². The van der Waals surface area contributed by atoms with E-state index < -0.39 is 0 Å². The van der Waals surface area contributed by atoms with Crippen LogP contribution in [0.4, 0.5) is 5.13 Å². The molecule has 0 amide bonds. The Morgan fingerprint density at radius 2 is 2.19 bits per heavy atom. The van der Waals surface area contributed by atoms with E-state index in [0.717, 1.165) is 24.4 Å². The first-order chi connectivity index (χ1) is 7.81. The van der Waals surface area contributed by atoms with E-state index in [2.05, 4.69) is 20.7 Å². The van der Waals surface area contributed by atoms with Gasteiger partial charge < -0.3 is 10.3 Å². The minimum Gasteiger partial charge on any atom is -0.375 e. The van der Waals surface area contributed by atoms with Crippen LogP contribution in [0.2, 0.25) is 0 Å². The monoisotopic (exact) mass is 232 g/mol. The van der Waals surface area contributed by atoms with Crippen LogP contribution in [0.3, 0.4) is 0 Å². The molecule has 2 N–H and O–H groups in total. The minimum absolute atomic E-state index is 0.604. The molecule has 0 saturated carbocycles. The summed E-state index contributed by atoms with van der Waals surface area (Å²) >= 11 is 1.45. The van der Waals surface area contributed by atoms with Crippen LogP contribution >= 0.6 is 11.3 Å². The van der Waals surface area contributed by atoms with Crippen LogP contribution in [-0.2, 0) is 13.0 Å². The molecule has 0 radical (unpaired) electrons. The molecule has 2 aromatic heterocycles. The lowest BCUT2D eigenvalue weighted by Gasteiger charge is -1.89. The van der Waals surface area contributed by atoms with E-state index in [9.17, 15) is 0 Å². The normalized spacial score (nSPS) is 14.8. The Balaban J connectivity index is 1.81. The highest BCUT2D eigenvalue weighted by Gasteiger charge is 2.11. The lowest BCUT2D eigenvalue weighted by molar-refractivity contribution is 0.749. The van der Waals surface area contributed by atoms with Gasteiger partial charge in [0.25, 0.3) is 0 Å². The lowest BCUT2D eigenvalue weighted by atomic mass is 10.3. The summed E-state index contributed by atoms with van der Waals surface area (Å²) in [6, 6.07) is 0. The van der Waals surface area contributed by atoms with Gasteiger partial charge in [0, 0.05) is 24.5 Å². The Bertz CT molecular complexity index is 516. The maximum absolute atomic E-state index is 5.56. The number of aromatic nitrogens is 3. The Labute approximate surface area is 97.5 Å². The van der Waals surface area contributed by atoms with Gasteiger partial charge in [-0.1, -0.05) is 0 Å². The number of hydrogen-bond donors (Lipinski definition) is 1. The van der Waals surface area contributed by atoms with E-state index in [-0.39, 0.29) is 0 Å². The molecule has 0 atom stereocenters. The van der Waals surface area contributed by atoms with Crippen molar-refractivity contribution in [3.05, 3.63) is 28.8 Å². The van der Waals surface area contributed by atoms with Crippen LogP contribution in [0.1, 0.15) is 23.6 Å². The summed E-state index contributed by atoms with van der Waals surface area (Å²) in [7, 11) is 0. The summed E-state index contributed by atoms with van der Waals surface area (Å²) in [5.74, 6) is 1.19. The van der Waals surface area contributed by atoms with E-state index >= 15 is 0 Å². The predicted octanol–water partition coefficient (Wildman–Crippen LogP) is 2.04. The third kappa shape index (κ3) is 1.74. The van der Waals surface area contributed by atoms with Gasteiger partial charge in [0.05, 0.1) is 11.4 Å². The summed E-state index contributed by atoms with van der Waals surface area (Å²) in [6.07, 6.45) is 8.34. The maximum atomic E-state index is 5.56. The fourth-order valence-electron chi connectivity index (χ4n) is 1.91. The fourth-order valence-corrected chi connectivity index (χ4v) is 2.44. The molecule has 4 nitrogen and oxygen atoms in total. The number of anilines is 1. The second-order valence-electron chi connectivity index (χ2n) is 3.82. The number of aryl methyl sites for hydroxylation is 2. The average Bonchev–Trinajstić information content (AvgIpc) is 2.89. The second-order valence-corrected chi connectivity index (χ2v) is 4.71. The first-order valence-electron chi connectivity index (χ1n) is 5.26. The quantitative estimate of drug-likeness (QED) is 0.862.